The summed E-state index contributed by atoms with van der Waals surface area (Å²) in [7, 11) is -3.61. The average molecular weight is 500 g/mol. The molecule has 3 aromatic rings. The van der Waals surface area contributed by atoms with E-state index in [1.165, 1.54) is 10.4 Å². The Balaban J connectivity index is 1.49. The van der Waals surface area contributed by atoms with Crippen LogP contribution >= 0.6 is 11.8 Å². The highest BCUT2D eigenvalue weighted by Crippen LogP contribution is 2.36. The fourth-order valence-electron chi connectivity index (χ4n) is 4.04. The summed E-state index contributed by atoms with van der Waals surface area (Å²) in [5, 5.41) is 0.483. The maximum Gasteiger partial charge on any atom is 0.243 e. The molecular formula is C22H21F4N3O2S2. The lowest BCUT2D eigenvalue weighted by atomic mass is 10.2. The second-order valence-electron chi connectivity index (χ2n) is 8.46. The summed E-state index contributed by atoms with van der Waals surface area (Å²) >= 11 is 1.07. The molecule has 5 nitrogen and oxygen atoms in total. The first-order valence-electron chi connectivity index (χ1n) is 10.7. The zero-order valence-electron chi connectivity index (χ0n) is 17.5. The van der Waals surface area contributed by atoms with Crippen LogP contribution in [0.15, 0.2) is 34.3 Å². The van der Waals surface area contributed by atoms with Gasteiger partial charge in [-0.2, -0.15) is 4.31 Å². The van der Waals surface area contributed by atoms with Crippen LogP contribution in [0.4, 0.5) is 17.6 Å². The van der Waals surface area contributed by atoms with E-state index < -0.39 is 33.3 Å². The summed E-state index contributed by atoms with van der Waals surface area (Å²) in [6.45, 7) is 1.65. The van der Waals surface area contributed by atoms with Gasteiger partial charge in [0.25, 0.3) is 0 Å². The molecule has 1 aliphatic carbocycles. The van der Waals surface area contributed by atoms with Gasteiger partial charge in [-0.15, -0.1) is 0 Å². The molecule has 1 saturated heterocycles. The molecule has 2 aromatic carbocycles. The summed E-state index contributed by atoms with van der Waals surface area (Å²) in [5.74, 6) is -6.25. The van der Waals surface area contributed by atoms with Crippen LogP contribution in [0.2, 0.25) is 0 Å². The maximum atomic E-state index is 14.1. The van der Waals surface area contributed by atoms with Crippen LogP contribution in [-0.2, 0) is 22.3 Å². The number of thioether (sulfide) groups is 1. The van der Waals surface area contributed by atoms with Crippen molar-refractivity contribution in [2.45, 2.75) is 48.0 Å². The molecule has 0 unspecified atom stereocenters. The van der Waals surface area contributed by atoms with Crippen LogP contribution < -0.4 is 0 Å². The van der Waals surface area contributed by atoms with E-state index in [0.29, 0.717) is 42.3 Å². The van der Waals surface area contributed by atoms with Crippen molar-refractivity contribution in [2.24, 2.45) is 5.92 Å². The number of rotatable bonds is 7. The monoisotopic (exact) mass is 499 g/mol. The van der Waals surface area contributed by atoms with Gasteiger partial charge in [0.1, 0.15) is 0 Å². The molecule has 176 valence electrons. The van der Waals surface area contributed by atoms with Crippen molar-refractivity contribution in [1.29, 1.82) is 0 Å². The van der Waals surface area contributed by atoms with Crippen molar-refractivity contribution in [2.75, 3.05) is 13.1 Å². The van der Waals surface area contributed by atoms with E-state index in [0.717, 1.165) is 43.0 Å². The number of hydrogen-bond donors (Lipinski definition) is 0. The minimum atomic E-state index is -3.61. The average Bonchev–Trinajstić information content (AvgIpc) is 3.30. The molecule has 2 aliphatic rings. The van der Waals surface area contributed by atoms with Crippen LogP contribution in [0.1, 0.15) is 31.2 Å². The van der Waals surface area contributed by atoms with Gasteiger partial charge in [-0.25, -0.2) is 31.0 Å². The van der Waals surface area contributed by atoms with Gasteiger partial charge < -0.3 is 4.57 Å². The van der Waals surface area contributed by atoms with Gasteiger partial charge in [-0.3, -0.25) is 0 Å². The van der Waals surface area contributed by atoms with Crippen LogP contribution in [0.5, 0.6) is 0 Å². The highest BCUT2D eigenvalue weighted by atomic mass is 32.2. The molecule has 0 amide bonds. The molecule has 33 heavy (non-hydrogen) atoms. The number of sulfonamides is 1. The Hall–Kier alpha value is -2.11. The molecule has 11 heteroatoms. The lowest BCUT2D eigenvalue weighted by Crippen LogP contribution is -2.27. The molecule has 5 rings (SSSR count). The minimum Gasteiger partial charge on any atom is -0.319 e. The zero-order chi connectivity index (χ0) is 23.3. The Kier molecular flexibility index (Phi) is 5.90. The zero-order valence-corrected chi connectivity index (χ0v) is 19.2. The van der Waals surface area contributed by atoms with Gasteiger partial charge in [0.05, 0.1) is 15.9 Å². The first-order valence-corrected chi connectivity index (χ1v) is 13.1. The summed E-state index contributed by atoms with van der Waals surface area (Å²) in [4.78, 5) is 4.73. The number of imidazole rings is 1. The Morgan fingerprint density at radius 3 is 2.42 bits per heavy atom. The van der Waals surface area contributed by atoms with Crippen molar-refractivity contribution in [1.82, 2.24) is 13.9 Å². The first kappa shape index (κ1) is 22.7. The standard InChI is InChI=1S/C22H21F4N3O2S2/c23-16-9-14(19(24)21(26)20(16)25)12-32-22-27-17-10-15(33(30,31)28-7-1-2-8-28)5-6-18(17)29(22)11-13-3-4-13/h5-6,9-10,13H,1-4,7-8,11-12H2. The number of benzene rings is 2. The molecular weight excluding hydrogens is 478 g/mol. The van der Waals surface area contributed by atoms with Crippen LogP contribution in [0.3, 0.4) is 0 Å². The van der Waals surface area contributed by atoms with Gasteiger partial charge in [-0.1, -0.05) is 11.8 Å². The van der Waals surface area contributed by atoms with Crippen LogP contribution in [-0.4, -0.2) is 35.4 Å². The third-order valence-corrected chi connectivity index (χ3v) is 8.98. The summed E-state index contributed by atoms with van der Waals surface area (Å²) in [6.07, 6.45) is 3.79. The Morgan fingerprint density at radius 2 is 1.73 bits per heavy atom. The van der Waals surface area contributed by atoms with Gasteiger partial charge in [0, 0.05) is 31.0 Å². The van der Waals surface area contributed by atoms with E-state index in [9.17, 15) is 26.0 Å². The summed E-state index contributed by atoms with van der Waals surface area (Å²) in [6, 6.07) is 5.47. The molecule has 2 fully saturated rings. The molecule has 0 spiro atoms. The quantitative estimate of drug-likeness (QED) is 0.197. The SMILES string of the molecule is O=S(=O)(c1ccc2c(c1)nc(SCc1cc(F)c(F)c(F)c1F)n2CC1CC1)N1CCCC1. The fraction of sp³-hybridized carbons (Fsp3) is 0.409. The number of aromatic nitrogens is 2. The van der Waals surface area contributed by atoms with E-state index in [1.807, 2.05) is 4.57 Å². The van der Waals surface area contributed by atoms with Crippen molar-refractivity contribution in [3.8, 4) is 0 Å². The summed E-state index contributed by atoms with van der Waals surface area (Å²) < 4.78 is 83.8. The van der Waals surface area contributed by atoms with Crippen LogP contribution in [0, 0.1) is 29.2 Å². The molecule has 0 atom stereocenters. The van der Waals surface area contributed by atoms with Crippen molar-refractivity contribution >= 4 is 32.8 Å². The van der Waals surface area contributed by atoms with Gasteiger partial charge in [-0.05, 0) is 55.9 Å². The predicted octanol–water partition coefficient (Wildman–Crippen LogP) is 5.08. The maximum absolute atomic E-state index is 14.1. The number of hydrogen-bond acceptors (Lipinski definition) is 4. The Morgan fingerprint density at radius 1 is 1.00 bits per heavy atom. The number of halogens is 4. The normalized spacial score (nSPS) is 17.3. The third kappa shape index (κ3) is 4.26. The minimum absolute atomic E-state index is 0.160. The predicted molar refractivity (Wildman–Crippen MR) is 116 cm³/mol. The Bertz CT molecular complexity index is 1330. The molecule has 0 N–H and O–H groups in total. The van der Waals surface area contributed by atoms with E-state index in [4.69, 9.17) is 0 Å². The smallest absolute Gasteiger partial charge is 0.243 e. The van der Waals surface area contributed by atoms with Crippen LogP contribution in [0.25, 0.3) is 11.0 Å². The van der Waals surface area contributed by atoms with Crippen molar-refractivity contribution < 1.29 is 26.0 Å². The molecule has 2 heterocycles. The molecule has 1 aliphatic heterocycles. The lowest BCUT2D eigenvalue weighted by molar-refractivity contribution is 0.405. The number of fused-ring (bicyclic) bond motifs is 1. The van der Waals surface area contributed by atoms with Gasteiger partial charge >= 0.3 is 0 Å². The fourth-order valence-corrected chi connectivity index (χ4v) is 6.56. The van der Waals surface area contributed by atoms with Crippen molar-refractivity contribution in [3.63, 3.8) is 0 Å². The number of nitrogens with zero attached hydrogens (tertiary/aromatic N) is 3. The van der Waals surface area contributed by atoms with E-state index in [1.54, 1.807) is 12.1 Å². The van der Waals surface area contributed by atoms with E-state index in [2.05, 4.69) is 4.98 Å². The highest BCUT2D eigenvalue weighted by molar-refractivity contribution is 7.98. The lowest BCUT2D eigenvalue weighted by Gasteiger charge is -2.15. The van der Waals surface area contributed by atoms with E-state index in [-0.39, 0.29) is 16.2 Å². The largest absolute Gasteiger partial charge is 0.319 e. The van der Waals surface area contributed by atoms with Gasteiger partial charge in [0.15, 0.2) is 28.4 Å². The summed E-state index contributed by atoms with van der Waals surface area (Å²) in [5.41, 5.74) is 0.913. The Labute approximate surface area is 192 Å². The topological polar surface area (TPSA) is 55.2 Å². The van der Waals surface area contributed by atoms with Gasteiger partial charge in [0.2, 0.25) is 10.0 Å². The molecule has 1 saturated carbocycles. The first-order chi connectivity index (χ1) is 15.8. The molecule has 1 aromatic heterocycles. The van der Waals surface area contributed by atoms with E-state index >= 15 is 0 Å². The third-order valence-electron chi connectivity index (χ3n) is 6.06. The molecule has 0 radical (unpaired) electrons. The highest BCUT2D eigenvalue weighted by Gasteiger charge is 2.29. The molecule has 0 bridgehead atoms. The second-order valence-corrected chi connectivity index (χ2v) is 11.3. The van der Waals surface area contributed by atoms with Crippen molar-refractivity contribution in [3.05, 3.63) is 53.1 Å². The second kappa shape index (κ2) is 8.59.